The van der Waals surface area contributed by atoms with Crippen molar-refractivity contribution >= 4 is 50.7 Å². The van der Waals surface area contributed by atoms with Gasteiger partial charge in [-0.15, -0.1) is 0 Å². The van der Waals surface area contributed by atoms with Crippen molar-refractivity contribution in [3.8, 4) is 11.5 Å². The van der Waals surface area contributed by atoms with Gasteiger partial charge in [-0.05, 0) is 35.4 Å². The van der Waals surface area contributed by atoms with Crippen LogP contribution in [-0.4, -0.2) is 65.2 Å². The van der Waals surface area contributed by atoms with Crippen molar-refractivity contribution in [1.29, 1.82) is 0 Å². The number of hydrogen-bond acceptors (Lipinski definition) is 6. The summed E-state index contributed by atoms with van der Waals surface area (Å²) in [6.07, 6.45) is 1.17. The predicted molar refractivity (Wildman–Crippen MR) is 157 cm³/mol. The number of halogens is 2. The molecule has 0 bridgehead atoms. The molecule has 0 unspecified atom stereocenters. The van der Waals surface area contributed by atoms with E-state index in [-0.39, 0.29) is 24.4 Å². The van der Waals surface area contributed by atoms with Gasteiger partial charge < -0.3 is 19.7 Å². The monoisotopic (exact) mass is 607 g/mol. The largest absolute Gasteiger partial charge is 0.497 e. The Balaban J connectivity index is 2.11. The van der Waals surface area contributed by atoms with Crippen molar-refractivity contribution in [3.05, 3.63) is 87.9 Å². The second kappa shape index (κ2) is 13.7. The number of amides is 2. The molecule has 0 saturated heterocycles. The molecule has 40 heavy (non-hydrogen) atoms. The Morgan fingerprint density at radius 3 is 2.25 bits per heavy atom. The van der Waals surface area contributed by atoms with Gasteiger partial charge in [-0.1, -0.05) is 59.6 Å². The van der Waals surface area contributed by atoms with Crippen LogP contribution in [0.15, 0.2) is 66.7 Å². The average Bonchev–Trinajstić information content (AvgIpc) is 2.93. The minimum atomic E-state index is -3.99. The average molecular weight is 609 g/mol. The standard InChI is InChI=1S/C28H31Cl2N3O6S/c1-31-28(35)25(14-19-8-6-5-7-9-19)32(17-20-10-11-21(29)15-23(20)30)27(34)18-33(40(4,36)37)24-16-22(38-2)12-13-26(24)39-3/h5-13,15-16,25H,14,17-18H2,1-4H3,(H,31,35)/t25-/m0/s1. The SMILES string of the molecule is CNC(=O)[C@H](Cc1ccccc1)N(Cc1ccc(Cl)cc1Cl)C(=O)CN(c1cc(OC)ccc1OC)S(C)(=O)=O. The maximum Gasteiger partial charge on any atom is 0.244 e. The van der Waals surface area contributed by atoms with Gasteiger partial charge in [0.15, 0.2) is 0 Å². The summed E-state index contributed by atoms with van der Waals surface area (Å²) in [5.74, 6) is -0.467. The fourth-order valence-corrected chi connectivity index (χ4v) is 5.45. The number of hydrogen-bond donors (Lipinski definition) is 1. The topological polar surface area (TPSA) is 105 Å². The first-order valence-corrected chi connectivity index (χ1v) is 14.8. The molecule has 3 aromatic carbocycles. The third-order valence-corrected chi connectivity index (χ3v) is 7.92. The zero-order chi connectivity index (χ0) is 29.4. The number of carbonyl (C=O) groups excluding carboxylic acids is 2. The molecule has 1 N–H and O–H groups in total. The molecule has 214 valence electrons. The summed E-state index contributed by atoms with van der Waals surface area (Å²) < 4.78 is 37.6. The lowest BCUT2D eigenvalue weighted by Gasteiger charge is -2.33. The zero-order valence-corrected chi connectivity index (χ0v) is 24.9. The summed E-state index contributed by atoms with van der Waals surface area (Å²) in [4.78, 5) is 28.6. The smallest absolute Gasteiger partial charge is 0.244 e. The number of carbonyl (C=O) groups is 2. The van der Waals surface area contributed by atoms with Gasteiger partial charge in [0, 0.05) is 36.1 Å². The van der Waals surface area contributed by atoms with E-state index in [9.17, 15) is 18.0 Å². The molecule has 0 heterocycles. The quantitative estimate of drug-likeness (QED) is 0.331. The van der Waals surface area contributed by atoms with Gasteiger partial charge in [-0.3, -0.25) is 13.9 Å². The van der Waals surface area contributed by atoms with Crippen molar-refractivity contribution in [2.75, 3.05) is 38.4 Å². The maximum atomic E-state index is 14.1. The van der Waals surface area contributed by atoms with Crippen LogP contribution < -0.4 is 19.1 Å². The molecule has 0 saturated carbocycles. The number of likely N-dealkylation sites (N-methyl/N-ethyl adjacent to an activating group) is 1. The lowest BCUT2D eigenvalue weighted by molar-refractivity contribution is -0.139. The summed E-state index contributed by atoms with van der Waals surface area (Å²) in [5, 5.41) is 3.33. The van der Waals surface area contributed by atoms with Crippen LogP contribution in [0.2, 0.25) is 10.0 Å². The van der Waals surface area contributed by atoms with Gasteiger partial charge in [0.1, 0.15) is 24.1 Å². The van der Waals surface area contributed by atoms with Gasteiger partial charge in [0.25, 0.3) is 0 Å². The van der Waals surface area contributed by atoms with Crippen molar-refractivity contribution in [1.82, 2.24) is 10.2 Å². The third-order valence-electron chi connectivity index (χ3n) is 6.21. The van der Waals surface area contributed by atoms with E-state index in [4.69, 9.17) is 32.7 Å². The fraction of sp³-hybridized carbons (Fsp3) is 0.286. The van der Waals surface area contributed by atoms with E-state index in [1.807, 2.05) is 30.3 Å². The number of nitrogens with zero attached hydrogens (tertiary/aromatic N) is 2. The molecular formula is C28H31Cl2N3O6S. The number of sulfonamides is 1. The van der Waals surface area contributed by atoms with E-state index in [1.165, 1.54) is 38.3 Å². The number of benzene rings is 3. The highest BCUT2D eigenvalue weighted by Gasteiger charge is 2.33. The highest BCUT2D eigenvalue weighted by Crippen LogP contribution is 2.34. The van der Waals surface area contributed by atoms with E-state index in [1.54, 1.807) is 24.3 Å². The van der Waals surface area contributed by atoms with Crippen LogP contribution in [0.3, 0.4) is 0 Å². The van der Waals surface area contributed by atoms with Crippen molar-refractivity contribution in [2.45, 2.75) is 19.0 Å². The molecule has 3 aromatic rings. The van der Waals surface area contributed by atoms with Gasteiger partial charge in [0.05, 0.1) is 26.2 Å². The fourth-order valence-electron chi connectivity index (χ4n) is 4.14. The van der Waals surface area contributed by atoms with Crippen LogP contribution in [0.1, 0.15) is 11.1 Å². The minimum Gasteiger partial charge on any atom is -0.497 e. The number of nitrogens with one attached hydrogen (secondary N) is 1. The van der Waals surface area contributed by atoms with Crippen molar-refractivity contribution in [2.24, 2.45) is 0 Å². The second-order valence-electron chi connectivity index (χ2n) is 8.88. The first kappa shape index (κ1) is 31.1. The number of anilines is 1. The van der Waals surface area contributed by atoms with Crippen LogP contribution in [-0.2, 0) is 32.6 Å². The Labute approximate surface area is 244 Å². The Morgan fingerprint density at radius 1 is 0.975 bits per heavy atom. The Bertz CT molecular complexity index is 1450. The van der Waals surface area contributed by atoms with E-state index in [2.05, 4.69) is 5.32 Å². The van der Waals surface area contributed by atoms with Crippen molar-refractivity contribution in [3.63, 3.8) is 0 Å². The second-order valence-corrected chi connectivity index (χ2v) is 11.6. The molecule has 0 radical (unpaired) electrons. The molecule has 1 atom stereocenters. The van der Waals surface area contributed by atoms with E-state index in [0.717, 1.165) is 16.1 Å². The highest BCUT2D eigenvalue weighted by molar-refractivity contribution is 7.92. The summed E-state index contributed by atoms with van der Waals surface area (Å²) in [6, 6.07) is 17.7. The lowest BCUT2D eigenvalue weighted by atomic mass is 10.0. The summed E-state index contributed by atoms with van der Waals surface area (Å²) in [7, 11) is 0.313. The number of rotatable bonds is 12. The van der Waals surface area contributed by atoms with E-state index >= 15 is 0 Å². The van der Waals surface area contributed by atoms with Crippen molar-refractivity contribution < 1.29 is 27.5 Å². The first-order chi connectivity index (χ1) is 19.0. The molecule has 0 aromatic heterocycles. The summed E-state index contributed by atoms with van der Waals surface area (Å²) >= 11 is 12.5. The minimum absolute atomic E-state index is 0.0768. The Kier molecular flexibility index (Phi) is 10.7. The van der Waals surface area contributed by atoms with E-state index in [0.29, 0.717) is 21.4 Å². The molecule has 2 amide bonds. The Hall–Kier alpha value is -3.47. The van der Waals surface area contributed by atoms with Gasteiger partial charge in [-0.25, -0.2) is 8.42 Å². The van der Waals surface area contributed by atoms with Gasteiger partial charge >= 0.3 is 0 Å². The summed E-state index contributed by atoms with van der Waals surface area (Å²) in [5.41, 5.74) is 1.46. The zero-order valence-electron chi connectivity index (χ0n) is 22.6. The molecule has 12 heteroatoms. The van der Waals surface area contributed by atoms with Crippen LogP contribution in [0.5, 0.6) is 11.5 Å². The molecule has 3 rings (SSSR count). The molecule has 9 nitrogen and oxygen atoms in total. The molecule has 0 aliphatic carbocycles. The van der Waals surface area contributed by atoms with Gasteiger partial charge in [0.2, 0.25) is 21.8 Å². The Morgan fingerprint density at radius 2 is 1.68 bits per heavy atom. The number of ether oxygens (including phenoxy) is 2. The van der Waals surface area contributed by atoms with Gasteiger partial charge in [-0.2, -0.15) is 0 Å². The molecule has 0 fully saturated rings. The maximum absolute atomic E-state index is 14.1. The molecule has 0 aliphatic rings. The molecular weight excluding hydrogens is 577 g/mol. The van der Waals surface area contributed by atoms with E-state index < -0.39 is 34.4 Å². The van der Waals surface area contributed by atoms with Crippen LogP contribution in [0.25, 0.3) is 0 Å². The van der Waals surface area contributed by atoms with Crippen LogP contribution >= 0.6 is 23.2 Å². The predicted octanol–water partition coefficient (Wildman–Crippen LogP) is 4.16. The molecule has 0 aliphatic heterocycles. The summed E-state index contributed by atoms with van der Waals surface area (Å²) in [6.45, 7) is -0.692. The normalized spacial score (nSPS) is 11.8. The number of methoxy groups -OCH3 is 2. The lowest BCUT2D eigenvalue weighted by Crippen LogP contribution is -2.53. The van der Waals surface area contributed by atoms with Crippen LogP contribution in [0.4, 0.5) is 5.69 Å². The highest BCUT2D eigenvalue weighted by atomic mass is 35.5. The first-order valence-electron chi connectivity index (χ1n) is 12.2. The molecule has 0 spiro atoms. The van der Waals surface area contributed by atoms with Crippen LogP contribution in [0, 0.1) is 0 Å². The third kappa shape index (κ3) is 7.80.